The van der Waals surface area contributed by atoms with Crippen LogP contribution in [0.4, 0.5) is 4.39 Å². The summed E-state index contributed by atoms with van der Waals surface area (Å²) in [5, 5.41) is 3.28. The van der Waals surface area contributed by atoms with Crippen LogP contribution in [0.2, 0.25) is 0 Å². The van der Waals surface area contributed by atoms with Crippen molar-refractivity contribution < 1.29 is 9.13 Å². The molecule has 1 N–H and O–H groups in total. The molecule has 2 aromatic rings. The molecule has 0 heterocycles. The summed E-state index contributed by atoms with van der Waals surface area (Å²) in [6.45, 7) is 4.33. The van der Waals surface area contributed by atoms with Crippen molar-refractivity contribution in [2.45, 2.75) is 20.1 Å². The van der Waals surface area contributed by atoms with Gasteiger partial charge in [-0.25, -0.2) is 4.39 Å². The van der Waals surface area contributed by atoms with Crippen LogP contribution < -0.4 is 10.1 Å². The van der Waals surface area contributed by atoms with Gasteiger partial charge in [0.15, 0.2) is 0 Å². The van der Waals surface area contributed by atoms with Crippen molar-refractivity contribution in [3.05, 3.63) is 65.5 Å². The summed E-state index contributed by atoms with van der Waals surface area (Å²) < 4.78 is 18.6. The fourth-order valence-electron chi connectivity index (χ4n) is 1.82. The van der Waals surface area contributed by atoms with Gasteiger partial charge in [-0.15, -0.1) is 0 Å². The van der Waals surface area contributed by atoms with E-state index in [9.17, 15) is 4.39 Å². The summed E-state index contributed by atoms with van der Waals surface area (Å²) in [6, 6.07) is 14.4. The quantitative estimate of drug-likeness (QED) is 0.857. The highest BCUT2D eigenvalue weighted by Crippen LogP contribution is 2.14. The Morgan fingerprint density at radius 3 is 2.63 bits per heavy atom. The van der Waals surface area contributed by atoms with Crippen LogP contribution in [-0.2, 0) is 13.2 Å². The second kappa shape index (κ2) is 6.90. The highest BCUT2D eigenvalue weighted by molar-refractivity contribution is 5.25. The minimum absolute atomic E-state index is 0.279. The van der Waals surface area contributed by atoms with E-state index in [2.05, 4.69) is 24.4 Å². The standard InChI is InChI=1S/C16H18FNO/c1-2-18-11-13-5-3-6-14(9-13)12-19-16-8-4-7-15(17)10-16/h3-10,18H,2,11-12H2,1H3. The van der Waals surface area contributed by atoms with E-state index < -0.39 is 0 Å². The second-order valence-electron chi connectivity index (χ2n) is 4.35. The van der Waals surface area contributed by atoms with Crippen molar-refractivity contribution in [3.8, 4) is 5.75 Å². The van der Waals surface area contributed by atoms with E-state index in [1.807, 2.05) is 12.1 Å². The zero-order valence-corrected chi connectivity index (χ0v) is 11.0. The third kappa shape index (κ3) is 4.38. The molecule has 3 heteroatoms. The van der Waals surface area contributed by atoms with Crippen LogP contribution in [0, 0.1) is 5.82 Å². The minimum Gasteiger partial charge on any atom is -0.489 e. The Balaban J connectivity index is 1.95. The molecular formula is C16H18FNO. The summed E-state index contributed by atoms with van der Waals surface area (Å²) >= 11 is 0. The average Bonchev–Trinajstić information content (AvgIpc) is 2.43. The lowest BCUT2D eigenvalue weighted by molar-refractivity contribution is 0.304. The largest absolute Gasteiger partial charge is 0.489 e. The second-order valence-corrected chi connectivity index (χ2v) is 4.35. The Kier molecular flexibility index (Phi) is 4.93. The van der Waals surface area contributed by atoms with Gasteiger partial charge in [-0.1, -0.05) is 37.3 Å². The average molecular weight is 259 g/mol. The van der Waals surface area contributed by atoms with Gasteiger partial charge in [-0.3, -0.25) is 0 Å². The molecular weight excluding hydrogens is 241 g/mol. The SMILES string of the molecule is CCNCc1cccc(COc2cccc(F)c2)c1. The summed E-state index contributed by atoms with van der Waals surface area (Å²) in [5.74, 6) is 0.274. The number of halogens is 1. The van der Waals surface area contributed by atoms with Crippen LogP contribution in [0.1, 0.15) is 18.1 Å². The number of benzene rings is 2. The summed E-state index contributed by atoms with van der Waals surface area (Å²) in [7, 11) is 0. The molecule has 0 saturated heterocycles. The van der Waals surface area contributed by atoms with E-state index in [1.54, 1.807) is 12.1 Å². The predicted molar refractivity (Wildman–Crippen MR) is 74.6 cm³/mol. The van der Waals surface area contributed by atoms with Crippen LogP contribution in [0.15, 0.2) is 48.5 Å². The lowest BCUT2D eigenvalue weighted by Crippen LogP contribution is -2.11. The van der Waals surface area contributed by atoms with Gasteiger partial charge in [-0.05, 0) is 29.8 Å². The van der Waals surface area contributed by atoms with Gasteiger partial charge in [0.2, 0.25) is 0 Å². The van der Waals surface area contributed by atoms with Gasteiger partial charge in [0.1, 0.15) is 18.2 Å². The molecule has 0 amide bonds. The van der Waals surface area contributed by atoms with E-state index in [4.69, 9.17) is 4.74 Å². The highest BCUT2D eigenvalue weighted by atomic mass is 19.1. The van der Waals surface area contributed by atoms with Crippen LogP contribution in [0.25, 0.3) is 0 Å². The van der Waals surface area contributed by atoms with Gasteiger partial charge in [0.25, 0.3) is 0 Å². The molecule has 0 saturated carbocycles. The van der Waals surface area contributed by atoms with Crippen molar-refractivity contribution >= 4 is 0 Å². The van der Waals surface area contributed by atoms with E-state index >= 15 is 0 Å². The maximum Gasteiger partial charge on any atom is 0.126 e. The summed E-state index contributed by atoms with van der Waals surface area (Å²) in [4.78, 5) is 0. The van der Waals surface area contributed by atoms with Crippen molar-refractivity contribution in [2.24, 2.45) is 0 Å². The van der Waals surface area contributed by atoms with E-state index in [-0.39, 0.29) is 5.82 Å². The first kappa shape index (κ1) is 13.6. The molecule has 0 aliphatic rings. The van der Waals surface area contributed by atoms with E-state index in [1.165, 1.54) is 17.7 Å². The fourth-order valence-corrected chi connectivity index (χ4v) is 1.82. The van der Waals surface area contributed by atoms with Crippen LogP contribution in [-0.4, -0.2) is 6.54 Å². The van der Waals surface area contributed by atoms with Crippen LogP contribution in [0.3, 0.4) is 0 Å². The lowest BCUT2D eigenvalue weighted by Gasteiger charge is -2.08. The number of ether oxygens (including phenoxy) is 1. The first-order valence-electron chi connectivity index (χ1n) is 6.45. The molecule has 2 nitrogen and oxygen atoms in total. The molecule has 0 fully saturated rings. The van der Waals surface area contributed by atoms with Crippen molar-refractivity contribution in [1.29, 1.82) is 0 Å². The molecule has 0 spiro atoms. The van der Waals surface area contributed by atoms with E-state index in [0.717, 1.165) is 18.7 Å². The molecule has 0 unspecified atom stereocenters. The molecule has 0 aliphatic carbocycles. The van der Waals surface area contributed by atoms with Crippen molar-refractivity contribution in [3.63, 3.8) is 0 Å². The first-order valence-corrected chi connectivity index (χ1v) is 6.45. The molecule has 100 valence electrons. The van der Waals surface area contributed by atoms with Crippen molar-refractivity contribution in [1.82, 2.24) is 5.32 Å². The lowest BCUT2D eigenvalue weighted by atomic mass is 10.1. The minimum atomic E-state index is -0.279. The van der Waals surface area contributed by atoms with Gasteiger partial charge >= 0.3 is 0 Å². The number of hydrogen-bond acceptors (Lipinski definition) is 2. The molecule has 0 bridgehead atoms. The number of nitrogens with one attached hydrogen (secondary N) is 1. The molecule has 0 aliphatic heterocycles. The topological polar surface area (TPSA) is 21.3 Å². The fraction of sp³-hybridized carbons (Fsp3) is 0.250. The van der Waals surface area contributed by atoms with Crippen LogP contribution in [0.5, 0.6) is 5.75 Å². The third-order valence-corrected chi connectivity index (χ3v) is 2.77. The number of rotatable bonds is 6. The summed E-state index contributed by atoms with van der Waals surface area (Å²) in [6.07, 6.45) is 0. The maximum absolute atomic E-state index is 13.0. The number of hydrogen-bond donors (Lipinski definition) is 1. The Morgan fingerprint density at radius 1 is 1.05 bits per heavy atom. The monoisotopic (exact) mass is 259 g/mol. The Hall–Kier alpha value is -1.87. The third-order valence-electron chi connectivity index (χ3n) is 2.77. The molecule has 19 heavy (non-hydrogen) atoms. The predicted octanol–water partition coefficient (Wildman–Crippen LogP) is 3.51. The summed E-state index contributed by atoms with van der Waals surface area (Å²) in [5.41, 5.74) is 2.31. The molecule has 2 aromatic carbocycles. The Bertz CT molecular complexity index is 528. The van der Waals surface area contributed by atoms with E-state index in [0.29, 0.717) is 12.4 Å². The van der Waals surface area contributed by atoms with Gasteiger partial charge in [-0.2, -0.15) is 0 Å². The van der Waals surface area contributed by atoms with Gasteiger partial charge in [0, 0.05) is 12.6 Å². The van der Waals surface area contributed by atoms with Gasteiger partial charge in [0.05, 0.1) is 0 Å². The highest BCUT2D eigenvalue weighted by Gasteiger charge is 1.99. The Morgan fingerprint density at radius 2 is 1.84 bits per heavy atom. The normalized spacial score (nSPS) is 10.4. The first-order chi connectivity index (χ1) is 9.28. The molecule has 0 atom stereocenters. The van der Waals surface area contributed by atoms with Crippen LogP contribution >= 0.6 is 0 Å². The van der Waals surface area contributed by atoms with Crippen molar-refractivity contribution in [2.75, 3.05) is 6.54 Å². The molecule has 0 aromatic heterocycles. The van der Waals surface area contributed by atoms with Gasteiger partial charge < -0.3 is 10.1 Å². The maximum atomic E-state index is 13.0. The zero-order valence-electron chi connectivity index (χ0n) is 11.0. The smallest absolute Gasteiger partial charge is 0.126 e. The Labute approximate surface area is 113 Å². The molecule has 2 rings (SSSR count). The zero-order chi connectivity index (χ0) is 13.5. The molecule has 0 radical (unpaired) electrons.